The minimum Gasteiger partial charge on any atom is -0.477 e. The smallest absolute Gasteiger partial charge is 0.345 e. The lowest BCUT2D eigenvalue weighted by molar-refractivity contribution is -0.113. The topological polar surface area (TPSA) is 92.4 Å². The zero-order chi connectivity index (χ0) is 15.4. The van der Waals surface area contributed by atoms with E-state index in [0.717, 1.165) is 28.4 Å². The monoisotopic (exact) mass is 326 g/mol. The number of carboxylic acid groups (broad SMARTS) is 1. The first-order chi connectivity index (χ1) is 9.97. The van der Waals surface area contributed by atoms with Gasteiger partial charge in [0.15, 0.2) is 0 Å². The summed E-state index contributed by atoms with van der Waals surface area (Å²) in [5.41, 5.74) is 1.85. The first-order valence-electron chi connectivity index (χ1n) is 6.10. The van der Waals surface area contributed by atoms with Crippen LogP contribution in [-0.2, 0) is 10.5 Å². The number of amides is 1. The molecule has 2 N–H and O–H groups in total. The van der Waals surface area contributed by atoms with Crippen LogP contribution < -0.4 is 5.32 Å². The van der Waals surface area contributed by atoms with Crippen LogP contribution in [0, 0.1) is 13.8 Å². The molecule has 0 unspecified atom stereocenters. The number of aromatic carboxylic acids is 1. The Balaban J connectivity index is 1.81. The molecule has 0 aliphatic rings. The molecule has 0 fully saturated rings. The maximum atomic E-state index is 11.8. The third kappa shape index (κ3) is 4.08. The van der Waals surface area contributed by atoms with Crippen LogP contribution in [0.25, 0.3) is 0 Å². The minimum absolute atomic E-state index is 0.162. The van der Waals surface area contributed by atoms with E-state index in [0.29, 0.717) is 10.8 Å². The lowest BCUT2D eigenvalue weighted by atomic mass is 10.2. The maximum Gasteiger partial charge on any atom is 0.345 e. The van der Waals surface area contributed by atoms with Crippen LogP contribution in [0.3, 0.4) is 0 Å². The molecule has 0 radical (unpaired) electrons. The number of carbonyl (C=O) groups excluding carboxylic acids is 1. The van der Waals surface area contributed by atoms with Gasteiger partial charge in [-0.1, -0.05) is 5.16 Å². The van der Waals surface area contributed by atoms with E-state index in [1.165, 1.54) is 17.8 Å². The van der Waals surface area contributed by atoms with E-state index in [9.17, 15) is 9.59 Å². The number of hydrogen-bond acceptors (Lipinski definition) is 6. The Morgan fingerprint density at radius 2 is 2.19 bits per heavy atom. The summed E-state index contributed by atoms with van der Waals surface area (Å²) in [6, 6.07) is 3.06. The third-order valence-electron chi connectivity index (χ3n) is 2.74. The molecule has 2 heterocycles. The Hall–Kier alpha value is -1.80. The Kier molecular flexibility index (Phi) is 5.03. The summed E-state index contributed by atoms with van der Waals surface area (Å²) in [6.45, 7) is 3.71. The maximum absolute atomic E-state index is 11.8. The van der Waals surface area contributed by atoms with Gasteiger partial charge in [-0.05, 0) is 26.0 Å². The zero-order valence-corrected chi connectivity index (χ0v) is 13.1. The van der Waals surface area contributed by atoms with E-state index in [-0.39, 0.29) is 16.5 Å². The van der Waals surface area contributed by atoms with Gasteiger partial charge in [-0.2, -0.15) is 0 Å². The predicted octanol–water partition coefficient (Wildman–Crippen LogP) is 2.92. The molecule has 0 atom stereocenters. The molecular weight excluding hydrogens is 312 g/mol. The second kappa shape index (κ2) is 6.77. The number of aryl methyl sites for hydroxylation is 2. The summed E-state index contributed by atoms with van der Waals surface area (Å²) in [6.07, 6.45) is 0. The molecule has 2 aromatic heterocycles. The number of nitrogens with one attached hydrogen (secondary N) is 1. The lowest BCUT2D eigenvalue weighted by Crippen LogP contribution is -2.13. The van der Waals surface area contributed by atoms with Gasteiger partial charge < -0.3 is 14.9 Å². The molecule has 0 saturated carbocycles. The number of carboxylic acids is 1. The summed E-state index contributed by atoms with van der Waals surface area (Å²) in [5.74, 6) is 0.549. The number of thioether (sulfide) groups is 1. The molecule has 0 saturated heterocycles. The molecule has 21 heavy (non-hydrogen) atoms. The fraction of sp³-hybridized carbons (Fsp3) is 0.308. The van der Waals surface area contributed by atoms with Gasteiger partial charge in [0.1, 0.15) is 10.6 Å². The second-order valence-electron chi connectivity index (χ2n) is 4.31. The SMILES string of the molecule is Cc1noc(C)c1CSCC(=O)Nc1ccc(C(=O)O)s1. The highest BCUT2D eigenvalue weighted by atomic mass is 32.2. The average molecular weight is 326 g/mol. The van der Waals surface area contributed by atoms with Crippen molar-refractivity contribution < 1.29 is 19.2 Å². The first-order valence-corrected chi connectivity index (χ1v) is 8.07. The van der Waals surface area contributed by atoms with Crippen molar-refractivity contribution in [2.45, 2.75) is 19.6 Å². The number of aromatic nitrogens is 1. The summed E-state index contributed by atoms with van der Waals surface area (Å²) in [4.78, 5) is 22.7. The Morgan fingerprint density at radius 1 is 1.43 bits per heavy atom. The van der Waals surface area contributed by atoms with Gasteiger partial charge in [-0.15, -0.1) is 23.1 Å². The van der Waals surface area contributed by atoms with Crippen LogP contribution >= 0.6 is 23.1 Å². The molecule has 112 valence electrons. The fourth-order valence-corrected chi connectivity index (χ4v) is 3.38. The average Bonchev–Trinajstić information content (AvgIpc) is 3.00. The van der Waals surface area contributed by atoms with E-state index in [2.05, 4.69) is 10.5 Å². The Labute approximate surface area is 129 Å². The number of rotatable bonds is 6. The Morgan fingerprint density at radius 3 is 2.76 bits per heavy atom. The van der Waals surface area contributed by atoms with Gasteiger partial charge in [0.25, 0.3) is 0 Å². The highest BCUT2D eigenvalue weighted by Crippen LogP contribution is 2.23. The van der Waals surface area contributed by atoms with E-state index in [4.69, 9.17) is 9.63 Å². The van der Waals surface area contributed by atoms with Crippen molar-refractivity contribution in [2.75, 3.05) is 11.1 Å². The normalized spacial score (nSPS) is 10.6. The van der Waals surface area contributed by atoms with Crippen molar-refractivity contribution in [2.24, 2.45) is 0 Å². The van der Waals surface area contributed by atoms with Gasteiger partial charge in [-0.3, -0.25) is 4.79 Å². The molecule has 8 heteroatoms. The first kappa shape index (κ1) is 15.6. The van der Waals surface area contributed by atoms with Crippen molar-refractivity contribution in [1.82, 2.24) is 5.16 Å². The quantitative estimate of drug-likeness (QED) is 0.848. The summed E-state index contributed by atoms with van der Waals surface area (Å²) in [7, 11) is 0. The molecule has 0 spiro atoms. The lowest BCUT2D eigenvalue weighted by Gasteiger charge is -2.02. The summed E-state index contributed by atoms with van der Waals surface area (Å²) >= 11 is 2.50. The van der Waals surface area contributed by atoms with Crippen LogP contribution in [0.4, 0.5) is 5.00 Å². The summed E-state index contributed by atoms with van der Waals surface area (Å²) in [5, 5.41) is 15.9. The molecule has 2 aromatic rings. The Bertz CT molecular complexity index is 643. The van der Waals surface area contributed by atoms with Crippen molar-refractivity contribution >= 4 is 40.0 Å². The largest absolute Gasteiger partial charge is 0.477 e. The number of carbonyl (C=O) groups is 2. The second-order valence-corrected chi connectivity index (χ2v) is 6.38. The van der Waals surface area contributed by atoms with E-state index < -0.39 is 5.97 Å². The molecule has 2 rings (SSSR count). The standard InChI is InChI=1S/C13H14N2O4S2/c1-7-9(8(2)19-15-7)5-20-6-11(16)14-12-4-3-10(21-12)13(17)18/h3-4H,5-6H2,1-2H3,(H,14,16)(H,17,18). The van der Waals surface area contributed by atoms with Crippen LogP contribution in [0.2, 0.25) is 0 Å². The van der Waals surface area contributed by atoms with Crippen LogP contribution in [0.15, 0.2) is 16.7 Å². The molecular formula is C13H14N2O4S2. The van der Waals surface area contributed by atoms with Crippen molar-refractivity contribution in [3.8, 4) is 0 Å². The predicted molar refractivity (Wildman–Crippen MR) is 82.0 cm³/mol. The highest BCUT2D eigenvalue weighted by molar-refractivity contribution is 7.99. The van der Waals surface area contributed by atoms with E-state index >= 15 is 0 Å². The van der Waals surface area contributed by atoms with Gasteiger partial charge in [0, 0.05) is 11.3 Å². The molecule has 0 bridgehead atoms. The molecule has 0 aliphatic carbocycles. The van der Waals surface area contributed by atoms with Gasteiger partial charge in [0.2, 0.25) is 5.91 Å². The number of thiophene rings is 1. The van der Waals surface area contributed by atoms with Crippen molar-refractivity contribution in [3.05, 3.63) is 34.0 Å². The third-order valence-corrected chi connectivity index (χ3v) is 4.69. The van der Waals surface area contributed by atoms with Gasteiger partial charge >= 0.3 is 5.97 Å². The summed E-state index contributed by atoms with van der Waals surface area (Å²) < 4.78 is 5.06. The molecule has 1 amide bonds. The van der Waals surface area contributed by atoms with Gasteiger partial charge in [-0.25, -0.2) is 4.79 Å². The fourth-order valence-electron chi connectivity index (χ4n) is 1.65. The minimum atomic E-state index is -0.992. The van der Waals surface area contributed by atoms with Crippen LogP contribution in [0.1, 0.15) is 26.7 Å². The van der Waals surface area contributed by atoms with E-state index in [1.54, 1.807) is 6.07 Å². The molecule has 0 aliphatic heterocycles. The van der Waals surface area contributed by atoms with E-state index in [1.807, 2.05) is 13.8 Å². The molecule has 6 nitrogen and oxygen atoms in total. The van der Waals surface area contributed by atoms with Gasteiger partial charge in [0.05, 0.1) is 16.4 Å². The number of hydrogen-bond donors (Lipinski definition) is 2. The highest BCUT2D eigenvalue weighted by Gasteiger charge is 2.12. The van der Waals surface area contributed by atoms with Crippen molar-refractivity contribution in [3.63, 3.8) is 0 Å². The van der Waals surface area contributed by atoms with Crippen LogP contribution in [0.5, 0.6) is 0 Å². The number of nitrogens with zero attached hydrogens (tertiary/aromatic N) is 1. The number of anilines is 1. The van der Waals surface area contributed by atoms with Crippen molar-refractivity contribution in [1.29, 1.82) is 0 Å². The van der Waals surface area contributed by atoms with Crippen LogP contribution in [-0.4, -0.2) is 27.9 Å². The molecule has 0 aromatic carbocycles. The zero-order valence-electron chi connectivity index (χ0n) is 11.5.